The number of benzene rings is 1. The molecular weight excluding hydrogens is 212 g/mol. The molecule has 0 fully saturated rings. The summed E-state index contributed by atoms with van der Waals surface area (Å²) in [5.74, 6) is -0.255. The number of phenols is 2. The molecule has 15 heavy (non-hydrogen) atoms. The molecule has 0 atom stereocenters. The average molecular weight is 222 g/mol. The van der Waals surface area contributed by atoms with Crippen LogP contribution in [0, 0.1) is 0 Å². The molecule has 0 bridgehead atoms. The van der Waals surface area contributed by atoms with E-state index in [-0.39, 0.29) is 11.5 Å². The Morgan fingerprint density at radius 1 is 1.27 bits per heavy atom. The summed E-state index contributed by atoms with van der Waals surface area (Å²) in [4.78, 5) is 4.28. The van der Waals surface area contributed by atoms with Gasteiger partial charge in [0.05, 0.1) is 5.69 Å². The van der Waals surface area contributed by atoms with Crippen molar-refractivity contribution in [1.82, 2.24) is 4.98 Å². The van der Waals surface area contributed by atoms with E-state index in [0.717, 1.165) is 16.4 Å². The lowest BCUT2D eigenvalue weighted by Gasteiger charge is -2.00. The van der Waals surface area contributed by atoms with Gasteiger partial charge in [-0.1, -0.05) is 0 Å². The lowest BCUT2D eigenvalue weighted by Crippen LogP contribution is -1.85. The van der Waals surface area contributed by atoms with Crippen molar-refractivity contribution in [2.75, 3.05) is 12.4 Å². The van der Waals surface area contributed by atoms with E-state index in [9.17, 15) is 5.11 Å². The van der Waals surface area contributed by atoms with Crippen LogP contribution in [-0.4, -0.2) is 22.2 Å². The number of phenolic OH excluding ortho intramolecular Hbond substituents is 2. The van der Waals surface area contributed by atoms with Crippen LogP contribution >= 0.6 is 11.3 Å². The van der Waals surface area contributed by atoms with Crippen molar-refractivity contribution in [3.05, 3.63) is 23.6 Å². The Labute approximate surface area is 90.9 Å². The minimum atomic E-state index is -0.133. The van der Waals surface area contributed by atoms with Gasteiger partial charge in [0.2, 0.25) is 0 Å². The molecule has 1 heterocycles. The van der Waals surface area contributed by atoms with Gasteiger partial charge in [-0.15, -0.1) is 11.3 Å². The highest BCUT2D eigenvalue weighted by Crippen LogP contribution is 2.31. The number of nitrogens with one attached hydrogen (secondary N) is 1. The number of anilines is 1. The fraction of sp³-hybridized carbons (Fsp3) is 0.100. The molecule has 0 amide bonds. The van der Waals surface area contributed by atoms with Crippen LogP contribution < -0.4 is 5.32 Å². The number of aromatic hydroxyl groups is 2. The molecule has 0 aliphatic rings. The van der Waals surface area contributed by atoms with Crippen LogP contribution in [0.25, 0.3) is 11.3 Å². The second-order valence-electron chi connectivity index (χ2n) is 2.99. The minimum Gasteiger partial charge on any atom is -0.504 e. The summed E-state index contributed by atoms with van der Waals surface area (Å²) in [5.41, 5.74) is 1.56. The molecule has 0 saturated carbocycles. The Hall–Kier alpha value is -1.75. The van der Waals surface area contributed by atoms with Gasteiger partial charge in [0.15, 0.2) is 16.6 Å². The van der Waals surface area contributed by atoms with Gasteiger partial charge >= 0.3 is 0 Å². The maximum atomic E-state index is 9.34. The van der Waals surface area contributed by atoms with Gasteiger partial charge in [-0.2, -0.15) is 0 Å². The Kier molecular flexibility index (Phi) is 2.47. The molecule has 0 radical (unpaired) electrons. The molecule has 3 N–H and O–H groups in total. The molecular formula is C10H10N2O2S. The smallest absolute Gasteiger partial charge is 0.182 e. The highest BCUT2D eigenvalue weighted by molar-refractivity contribution is 7.14. The first kappa shape index (κ1) is 9.79. The van der Waals surface area contributed by atoms with Crippen LogP contribution in [-0.2, 0) is 0 Å². The highest BCUT2D eigenvalue weighted by Gasteiger charge is 2.06. The van der Waals surface area contributed by atoms with Gasteiger partial charge in [0, 0.05) is 18.0 Å². The van der Waals surface area contributed by atoms with E-state index in [1.165, 1.54) is 23.5 Å². The number of rotatable bonds is 2. The first-order valence-electron chi connectivity index (χ1n) is 4.36. The van der Waals surface area contributed by atoms with E-state index >= 15 is 0 Å². The molecule has 1 aromatic heterocycles. The third-order valence-electron chi connectivity index (χ3n) is 1.99. The van der Waals surface area contributed by atoms with Crippen molar-refractivity contribution < 1.29 is 10.2 Å². The number of hydrogen-bond acceptors (Lipinski definition) is 5. The van der Waals surface area contributed by atoms with Crippen LogP contribution in [0.2, 0.25) is 0 Å². The minimum absolute atomic E-state index is 0.122. The van der Waals surface area contributed by atoms with E-state index in [4.69, 9.17) is 5.11 Å². The number of aromatic nitrogens is 1. The Balaban J connectivity index is 2.40. The largest absolute Gasteiger partial charge is 0.504 e. The van der Waals surface area contributed by atoms with E-state index in [1.54, 1.807) is 13.1 Å². The summed E-state index contributed by atoms with van der Waals surface area (Å²) in [5, 5.41) is 24.1. The van der Waals surface area contributed by atoms with Crippen LogP contribution in [0.15, 0.2) is 23.6 Å². The quantitative estimate of drug-likeness (QED) is 0.682. The lowest BCUT2D eigenvalue weighted by atomic mass is 10.1. The van der Waals surface area contributed by atoms with Crippen LogP contribution in [0.4, 0.5) is 5.13 Å². The third-order valence-corrected chi connectivity index (χ3v) is 2.85. The van der Waals surface area contributed by atoms with Crippen LogP contribution in [0.3, 0.4) is 0 Å². The summed E-state index contributed by atoms with van der Waals surface area (Å²) in [6, 6.07) is 4.65. The van der Waals surface area contributed by atoms with E-state index in [0.29, 0.717) is 0 Å². The van der Waals surface area contributed by atoms with Crippen molar-refractivity contribution in [2.24, 2.45) is 0 Å². The second kappa shape index (κ2) is 3.78. The van der Waals surface area contributed by atoms with Gasteiger partial charge in [-0.25, -0.2) is 4.98 Å². The van der Waals surface area contributed by atoms with Gasteiger partial charge in [0.25, 0.3) is 0 Å². The number of hydrogen-bond donors (Lipinski definition) is 3. The average Bonchev–Trinajstić information content (AvgIpc) is 2.70. The zero-order valence-corrected chi connectivity index (χ0v) is 8.88. The number of nitrogens with zero attached hydrogens (tertiary/aromatic N) is 1. The standard InChI is InChI=1S/C10H10N2O2S/c1-11-10-12-7(5-15-10)6-2-3-8(13)9(14)4-6/h2-5,13-14H,1H3,(H,11,12). The van der Waals surface area contributed by atoms with E-state index in [2.05, 4.69) is 10.3 Å². The van der Waals surface area contributed by atoms with E-state index in [1.807, 2.05) is 5.38 Å². The third kappa shape index (κ3) is 1.87. The first-order valence-corrected chi connectivity index (χ1v) is 5.24. The zero-order chi connectivity index (χ0) is 10.8. The van der Waals surface area contributed by atoms with Crippen molar-refractivity contribution in [2.45, 2.75) is 0 Å². The molecule has 5 heteroatoms. The molecule has 0 aliphatic heterocycles. The Bertz CT molecular complexity index is 482. The van der Waals surface area contributed by atoms with Crippen LogP contribution in [0.1, 0.15) is 0 Å². The summed E-state index contributed by atoms with van der Waals surface area (Å²) in [7, 11) is 1.80. The molecule has 0 saturated heterocycles. The van der Waals surface area contributed by atoms with Crippen molar-refractivity contribution in [3.63, 3.8) is 0 Å². The van der Waals surface area contributed by atoms with E-state index < -0.39 is 0 Å². The summed E-state index contributed by atoms with van der Waals surface area (Å²) in [6.07, 6.45) is 0. The molecule has 2 rings (SSSR count). The monoisotopic (exact) mass is 222 g/mol. The fourth-order valence-corrected chi connectivity index (χ4v) is 1.88. The first-order chi connectivity index (χ1) is 7.20. The summed E-state index contributed by atoms with van der Waals surface area (Å²) >= 11 is 1.49. The highest BCUT2D eigenvalue weighted by atomic mass is 32.1. The lowest BCUT2D eigenvalue weighted by molar-refractivity contribution is 0.404. The molecule has 0 aliphatic carbocycles. The normalized spacial score (nSPS) is 10.2. The predicted molar refractivity (Wildman–Crippen MR) is 60.4 cm³/mol. The zero-order valence-electron chi connectivity index (χ0n) is 8.06. The fourth-order valence-electron chi connectivity index (χ4n) is 1.20. The van der Waals surface area contributed by atoms with Gasteiger partial charge in [0.1, 0.15) is 0 Å². The van der Waals surface area contributed by atoms with Crippen molar-refractivity contribution in [1.29, 1.82) is 0 Å². The molecule has 4 nitrogen and oxygen atoms in total. The molecule has 0 spiro atoms. The molecule has 1 aromatic carbocycles. The summed E-state index contributed by atoms with van der Waals surface area (Å²) < 4.78 is 0. The van der Waals surface area contributed by atoms with Crippen LogP contribution in [0.5, 0.6) is 11.5 Å². The summed E-state index contributed by atoms with van der Waals surface area (Å²) in [6.45, 7) is 0. The number of thiazole rings is 1. The SMILES string of the molecule is CNc1nc(-c2ccc(O)c(O)c2)cs1. The van der Waals surface area contributed by atoms with Gasteiger partial charge in [-0.3, -0.25) is 0 Å². The van der Waals surface area contributed by atoms with Crippen molar-refractivity contribution >= 4 is 16.5 Å². The topological polar surface area (TPSA) is 65.4 Å². The molecule has 78 valence electrons. The Morgan fingerprint density at radius 2 is 2.07 bits per heavy atom. The maximum absolute atomic E-state index is 9.34. The van der Waals surface area contributed by atoms with Crippen molar-refractivity contribution in [3.8, 4) is 22.8 Å². The van der Waals surface area contributed by atoms with Gasteiger partial charge in [-0.05, 0) is 18.2 Å². The molecule has 0 unspecified atom stereocenters. The second-order valence-corrected chi connectivity index (χ2v) is 3.85. The Morgan fingerprint density at radius 3 is 2.67 bits per heavy atom. The molecule has 2 aromatic rings. The van der Waals surface area contributed by atoms with Gasteiger partial charge < -0.3 is 15.5 Å². The predicted octanol–water partition coefficient (Wildman–Crippen LogP) is 2.26. The maximum Gasteiger partial charge on any atom is 0.182 e.